The van der Waals surface area contributed by atoms with Gasteiger partial charge in [0.05, 0.1) is 4.47 Å². The van der Waals surface area contributed by atoms with Gasteiger partial charge < -0.3 is 0 Å². The largest absolute Gasteiger partial charge is 0.254 e. The highest BCUT2D eigenvalue weighted by molar-refractivity contribution is 9.10. The van der Waals surface area contributed by atoms with Crippen LogP contribution in [0.25, 0.3) is 0 Å². The van der Waals surface area contributed by atoms with Gasteiger partial charge in [0.2, 0.25) is 0 Å². The van der Waals surface area contributed by atoms with Gasteiger partial charge in [-0.3, -0.25) is 5.10 Å². The van der Waals surface area contributed by atoms with Crippen LogP contribution in [-0.2, 0) is 0 Å². The molecule has 0 aliphatic heterocycles. The van der Waals surface area contributed by atoms with E-state index in [1.165, 1.54) is 18.1 Å². The van der Waals surface area contributed by atoms with Crippen molar-refractivity contribution in [3.8, 4) is 0 Å². The molecule has 2 rings (SSSR count). The van der Waals surface area contributed by atoms with Crippen LogP contribution in [0.1, 0.15) is 5.56 Å². The summed E-state index contributed by atoms with van der Waals surface area (Å²) in [6, 6.07) is 2.02. The quantitative estimate of drug-likeness (QED) is 0.911. The summed E-state index contributed by atoms with van der Waals surface area (Å²) in [6.45, 7) is 2.00. The number of H-pyrrole nitrogens is 1. The minimum absolute atomic E-state index is 0.738. The summed E-state index contributed by atoms with van der Waals surface area (Å²) in [4.78, 5) is 8.29. The maximum Gasteiger partial charge on any atom is 0.189 e. The van der Waals surface area contributed by atoms with Crippen LogP contribution in [0.3, 0.4) is 0 Å². The molecule has 1 N–H and O–H groups in total. The summed E-state index contributed by atoms with van der Waals surface area (Å²) in [5.74, 6) is 0. The number of aromatic amines is 1. The minimum Gasteiger partial charge on any atom is -0.254 e. The van der Waals surface area contributed by atoms with Crippen LogP contribution in [0, 0.1) is 6.92 Å². The van der Waals surface area contributed by atoms with E-state index in [0.717, 1.165) is 20.2 Å². The van der Waals surface area contributed by atoms with Crippen LogP contribution in [0.2, 0.25) is 0 Å². The SMILES string of the molecule is Cc1cnc(Sc2ncn[nH]2)c(Br)c1. The first kappa shape index (κ1) is 9.67. The third-order valence-electron chi connectivity index (χ3n) is 1.53. The van der Waals surface area contributed by atoms with Gasteiger partial charge >= 0.3 is 0 Å². The molecule has 0 atom stereocenters. The van der Waals surface area contributed by atoms with Gasteiger partial charge in [0.15, 0.2) is 5.16 Å². The molecule has 0 bridgehead atoms. The Morgan fingerprint density at radius 1 is 1.43 bits per heavy atom. The Labute approximate surface area is 93.7 Å². The summed E-state index contributed by atoms with van der Waals surface area (Å²) in [5.41, 5.74) is 1.12. The minimum atomic E-state index is 0.738. The Kier molecular flexibility index (Phi) is 2.83. The molecule has 0 radical (unpaired) electrons. The Morgan fingerprint density at radius 2 is 2.29 bits per heavy atom. The molecule has 0 aliphatic carbocycles. The first-order chi connectivity index (χ1) is 6.75. The van der Waals surface area contributed by atoms with Crippen molar-refractivity contribution in [3.63, 3.8) is 0 Å². The summed E-state index contributed by atoms with van der Waals surface area (Å²) in [7, 11) is 0. The van der Waals surface area contributed by atoms with Crippen LogP contribution in [0.5, 0.6) is 0 Å². The molecule has 2 aromatic heterocycles. The molecular formula is C8H7BrN4S. The van der Waals surface area contributed by atoms with E-state index < -0.39 is 0 Å². The molecule has 0 amide bonds. The lowest BCUT2D eigenvalue weighted by Crippen LogP contribution is -1.85. The number of aryl methyl sites for hydroxylation is 1. The zero-order valence-corrected chi connectivity index (χ0v) is 9.76. The number of halogens is 1. The molecule has 6 heteroatoms. The van der Waals surface area contributed by atoms with Crippen LogP contribution in [0.4, 0.5) is 0 Å². The van der Waals surface area contributed by atoms with Gasteiger partial charge in [0, 0.05) is 6.20 Å². The van der Waals surface area contributed by atoms with Gasteiger partial charge in [0.25, 0.3) is 0 Å². The molecule has 4 nitrogen and oxygen atoms in total. The zero-order chi connectivity index (χ0) is 9.97. The highest BCUT2D eigenvalue weighted by atomic mass is 79.9. The van der Waals surface area contributed by atoms with Crippen LogP contribution in [-0.4, -0.2) is 20.2 Å². The Morgan fingerprint density at radius 3 is 2.93 bits per heavy atom. The predicted molar refractivity (Wildman–Crippen MR) is 57.2 cm³/mol. The smallest absolute Gasteiger partial charge is 0.189 e. The molecular weight excluding hydrogens is 264 g/mol. The third-order valence-corrected chi connectivity index (χ3v) is 3.31. The summed E-state index contributed by atoms with van der Waals surface area (Å²) in [6.07, 6.45) is 3.30. The number of rotatable bonds is 2. The molecule has 2 aromatic rings. The topological polar surface area (TPSA) is 54.5 Å². The number of pyridine rings is 1. The highest BCUT2D eigenvalue weighted by Gasteiger charge is 2.05. The van der Waals surface area contributed by atoms with E-state index in [2.05, 4.69) is 36.1 Å². The fraction of sp³-hybridized carbons (Fsp3) is 0.125. The van der Waals surface area contributed by atoms with Gasteiger partial charge in [-0.15, -0.1) is 0 Å². The fourth-order valence-electron chi connectivity index (χ4n) is 0.931. The van der Waals surface area contributed by atoms with Crippen molar-refractivity contribution in [2.45, 2.75) is 17.1 Å². The number of nitrogens with zero attached hydrogens (tertiary/aromatic N) is 3. The standard InChI is InChI=1S/C8H7BrN4S/c1-5-2-6(9)7(10-3-5)14-8-11-4-12-13-8/h2-4H,1H3,(H,11,12,13). The van der Waals surface area contributed by atoms with E-state index in [1.54, 1.807) is 0 Å². The van der Waals surface area contributed by atoms with E-state index in [-0.39, 0.29) is 0 Å². The molecule has 14 heavy (non-hydrogen) atoms. The van der Waals surface area contributed by atoms with Gasteiger partial charge in [-0.05, 0) is 46.2 Å². The maximum absolute atomic E-state index is 4.28. The summed E-state index contributed by atoms with van der Waals surface area (Å²) in [5, 5.41) is 8.15. The highest BCUT2D eigenvalue weighted by Crippen LogP contribution is 2.29. The first-order valence-corrected chi connectivity index (χ1v) is 5.52. The molecule has 0 saturated heterocycles. The van der Waals surface area contributed by atoms with Crippen LogP contribution in [0.15, 0.2) is 33.2 Å². The molecule has 2 heterocycles. The van der Waals surface area contributed by atoms with Gasteiger partial charge in [0.1, 0.15) is 11.4 Å². The number of hydrogen-bond donors (Lipinski definition) is 1. The van der Waals surface area contributed by atoms with Crippen molar-refractivity contribution in [3.05, 3.63) is 28.6 Å². The Balaban J connectivity index is 2.25. The van der Waals surface area contributed by atoms with Crippen molar-refractivity contribution in [1.29, 1.82) is 0 Å². The Hall–Kier alpha value is -0.880. The predicted octanol–water partition coefficient (Wildman–Crippen LogP) is 2.42. The second-order valence-electron chi connectivity index (χ2n) is 2.69. The van der Waals surface area contributed by atoms with E-state index >= 15 is 0 Å². The molecule has 0 fully saturated rings. The normalized spacial score (nSPS) is 10.4. The van der Waals surface area contributed by atoms with E-state index in [9.17, 15) is 0 Å². The van der Waals surface area contributed by atoms with Crippen LogP contribution >= 0.6 is 27.7 Å². The second kappa shape index (κ2) is 4.10. The third kappa shape index (κ3) is 2.13. The molecule has 0 spiro atoms. The lowest BCUT2D eigenvalue weighted by atomic mass is 10.3. The van der Waals surface area contributed by atoms with Gasteiger partial charge in [-0.25, -0.2) is 9.97 Å². The molecule has 0 saturated carbocycles. The van der Waals surface area contributed by atoms with Crippen molar-refractivity contribution < 1.29 is 0 Å². The monoisotopic (exact) mass is 270 g/mol. The summed E-state index contributed by atoms with van der Waals surface area (Å²) < 4.78 is 0.971. The van der Waals surface area contributed by atoms with Gasteiger partial charge in [-0.2, -0.15) is 5.10 Å². The summed E-state index contributed by atoms with van der Waals surface area (Å²) >= 11 is 4.89. The van der Waals surface area contributed by atoms with Gasteiger partial charge in [-0.1, -0.05) is 0 Å². The lowest BCUT2D eigenvalue weighted by Gasteiger charge is -2.00. The first-order valence-electron chi connectivity index (χ1n) is 3.91. The van der Waals surface area contributed by atoms with E-state index in [4.69, 9.17) is 0 Å². The number of aromatic nitrogens is 4. The maximum atomic E-state index is 4.28. The molecule has 0 aromatic carbocycles. The molecule has 72 valence electrons. The lowest BCUT2D eigenvalue weighted by molar-refractivity contribution is 0.964. The average Bonchev–Trinajstić information content (AvgIpc) is 2.62. The van der Waals surface area contributed by atoms with Crippen molar-refractivity contribution in [2.75, 3.05) is 0 Å². The molecule has 0 unspecified atom stereocenters. The van der Waals surface area contributed by atoms with Crippen molar-refractivity contribution >= 4 is 27.7 Å². The van der Waals surface area contributed by atoms with E-state index in [1.807, 2.05) is 19.2 Å². The second-order valence-corrected chi connectivity index (χ2v) is 4.52. The Bertz CT molecular complexity index is 429. The van der Waals surface area contributed by atoms with E-state index in [0.29, 0.717) is 0 Å². The van der Waals surface area contributed by atoms with Crippen LogP contribution < -0.4 is 0 Å². The average molecular weight is 271 g/mol. The molecule has 0 aliphatic rings. The number of nitrogens with one attached hydrogen (secondary N) is 1. The van der Waals surface area contributed by atoms with Crippen molar-refractivity contribution in [1.82, 2.24) is 20.2 Å². The fourth-order valence-corrected chi connectivity index (χ4v) is 2.28. The zero-order valence-electron chi connectivity index (χ0n) is 7.36. The van der Waals surface area contributed by atoms with Crippen molar-refractivity contribution in [2.24, 2.45) is 0 Å². The number of hydrogen-bond acceptors (Lipinski definition) is 4.